The lowest BCUT2D eigenvalue weighted by Gasteiger charge is -2.04. The second-order valence-electron chi connectivity index (χ2n) is 2.42. The molecule has 66 valence electrons. The number of aromatic hydroxyl groups is 1. The van der Waals surface area contributed by atoms with Crippen molar-refractivity contribution in [1.82, 2.24) is 4.98 Å². The largest absolute Gasteiger partial charge is 0.504 e. The van der Waals surface area contributed by atoms with E-state index in [9.17, 15) is 5.11 Å². The number of rotatable bonds is 2. The zero-order chi connectivity index (χ0) is 9.14. The van der Waals surface area contributed by atoms with Crippen molar-refractivity contribution in [2.24, 2.45) is 0 Å². The molecule has 1 aromatic heterocycles. The Morgan fingerprint density at radius 2 is 2.25 bits per heavy atom. The monoisotopic (exact) mass is 187 g/mol. The molecule has 0 amide bonds. The van der Waals surface area contributed by atoms with Crippen LogP contribution in [0.4, 0.5) is 0 Å². The predicted molar refractivity (Wildman–Crippen MR) is 46.2 cm³/mol. The Kier molecular flexibility index (Phi) is 2.89. The van der Waals surface area contributed by atoms with Gasteiger partial charge in [-0.2, -0.15) is 0 Å². The van der Waals surface area contributed by atoms with E-state index in [-0.39, 0.29) is 17.5 Å². The molecule has 0 bridgehead atoms. The van der Waals surface area contributed by atoms with E-state index < -0.39 is 0 Å². The van der Waals surface area contributed by atoms with Crippen LogP contribution in [-0.2, 0) is 13.0 Å². The number of hydrogen-bond acceptors (Lipinski definition) is 3. The quantitative estimate of drug-likeness (QED) is 0.690. The molecule has 0 radical (unpaired) electrons. The van der Waals surface area contributed by atoms with Crippen LogP contribution in [-0.4, -0.2) is 15.2 Å². The number of aliphatic hydroxyl groups excluding tert-OH is 1. The molecule has 3 nitrogen and oxygen atoms in total. The average Bonchev–Trinajstić information content (AvgIpc) is 2.09. The number of aromatic nitrogens is 1. The summed E-state index contributed by atoms with van der Waals surface area (Å²) >= 11 is 5.60. The standard InChI is InChI=1S/C8H10ClNO2/c1-2-5-3-6(4-11)10-8(9)7(5)12/h3,11-12H,2,4H2,1H3. The molecule has 0 aromatic carbocycles. The summed E-state index contributed by atoms with van der Waals surface area (Å²) in [5.41, 5.74) is 1.19. The van der Waals surface area contributed by atoms with Gasteiger partial charge >= 0.3 is 0 Å². The number of hydrogen-bond donors (Lipinski definition) is 2. The van der Waals surface area contributed by atoms with E-state index in [0.29, 0.717) is 17.7 Å². The highest BCUT2D eigenvalue weighted by Gasteiger charge is 2.07. The van der Waals surface area contributed by atoms with Crippen molar-refractivity contribution in [3.63, 3.8) is 0 Å². The third kappa shape index (κ3) is 1.68. The van der Waals surface area contributed by atoms with Crippen LogP contribution >= 0.6 is 11.6 Å². The van der Waals surface area contributed by atoms with Gasteiger partial charge in [-0.15, -0.1) is 0 Å². The minimum atomic E-state index is -0.160. The summed E-state index contributed by atoms with van der Waals surface area (Å²) in [6, 6.07) is 1.64. The number of aryl methyl sites for hydroxylation is 1. The average molecular weight is 188 g/mol. The van der Waals surface area contributed by atoms with E-state index in [2.05, 4.69) is 4.98 Å². The van der Waals surface area contributed by atoms with Crippen LogP contribution in [0.3, 0.4) is 0 Å². The number of aliphatic hydroxyl groups is 1. The highest BCUT2D eigenvalue weighted by molar-refractivity contribution is 6.30. The van der Waals surface area contributed by atoms with Crippen LogP contribution in [0, 0.1) is 0 Å². The molecule has 2 N–H and O–H groups in total. The summed E-state index contributed by atoms with van der Waals surface area (Å²) in [4.78, 5) is 3.77. The van der Waals surface area contributed by atoms with Gasteiger partial charge in [-0.1, -0.05) is 18.5 Å². The van der Waals surface area contributed by atoms with Crippen LogP contribution < -0.4 is 0 Å². The minimum Gasteiger partial charge on any atom is -0.504 e. The van der Waals surface area contributed by atoms with Crippen molar-refractivity contribution in [3.05, 3.63) is 22.5 Å². The first-order valence-electron chi connectivity index (χ1n) is 3.67. The molecule has 0 unspecified atom stereocenters. The maximum absolute atomic E-state index is 9.34. The summed E-state index contributed by atoms with van der Waals surface area (Å²) in [5, 5.41) is 18.2. The molecule has 0 aliphatic rings. The third-order valence-corrected chi connectivity index (χ3v) is 1.89. The van der Waals surface area contributed by atoms with Gasteiger partial charge in [0.1, 0.15) is 0 Å². The van der Waals surface area contributed by atoms with Crippen LogP contribution in [0.2, 0.25) is 5.15 Å². The molecule has 0 saturated heterocycles. The Labute approximate surface area is 75.6 Å². The Morgan fingerprint density at radius 3 is 2.75 bits per heavy atom. The molecular weight excluding hydrogens is 178 g/mol. The molecule has 0 aliphatic heterocycles. The van der Waals surface area contributed by atoms with Gasteiger partial charge in [-0.3, -0.25) is 0 Å². The minimum absolute atomic E-state index is 0.0105. The van der Waals surface area contributed by atoms with Crippen LogP contribution in [0.5, 0.6) is 5.75 Å². The number of nitrogens with zero attached hydrogens (tertiary/aromatic N) is 1. The zero-order valence-corrected chi connectivity index (χ0v) is 7.47. The molecule has 0 spiro atoms. The van der Waals surface area contributed by atoms with Crippen LogP contribution in [0.1, 0.15) is 18.2 Å². The Bertz CT molecular complexity index is 289. The van der Waals surface area contributed by atoms with Gasteiger partial charge < -0.3 is 10.2 Å². The molecule has 0 saturated carbocycles. The summed E-state index contributed by atoms with van der Waals surface area (Å²) < 4.78 is 0. The lowest BCUT2D eigenvalue weighted by molar-refractivity contribution is 0.276. The van der Waals surface area contributed by atoms with E-state index in [1.807, 2.05) is 6.92 Å². The Balaban J connectivity index is 3.19. The molecule has 1 heterocycles. The van der Waals surface area contributed by atoms with Gasteiger partial charge in [0, 0.05) is 0 Å². The maximum Gasteiger partial charge on any atom is 0.171 e. The van der Waals surface area contributed by atoms with Gasteiger partial charge in [0.15, 0.2) is 10.9 Å². The summed E-state index contributed by atoms with van der Waals surface area (Å²) in [6.07, 6.45) is 0.668. The summed E-state index contributed by atoms with van der Waals surface area (Å²) in [7, 11) is 0. The van der Waals surface area contributed by atoms with Crippen molar-refractivity contribution in [2.75, 3.05) is 0 Å². The van der Waals surface area contributed by atoms with E-state index in [1.165, 1.54) is 0 Å². The van der Waals surface area contributed by atoms with E-state index in [4.69, 9.17) is 16.7 Å². The number of halogens is 1. The zero-order valence-electron chi connectivity index (χ0n) is 6.71. The molecular formula is C8H10ClNO2. The first kappa shape index (κ1) is 9.29. The highest BCUT2D eigenvalue weighted by Crippen LogP contribution is 2.26. The predicted octanol–water partition coefficient (Wildman–Crippen LogP) is 1.50. The molecule has 4 heteroatoms. The van der Waals surface area contributed by atoms with Crippen molar-refractivity contribution in [2.45, 2.75) is 20.0 Å². The fraction of sp³-hybridized carbons (Fsp3) is 0.375. The van der Waals surface area contributed by atoms with E-state index in [1.54, 1.807) is 6.07 Å². The smallest absolute Gasteiger partial charge is 0.171 e. The fourth-order valence-corrected chi connectivity index (χ4v) is 1.19. The molecule has 0 fully saturated rings. The lowest BCUT2D eigenvalue weighted by Crippen LogP contribution is -1.93. The topological polar surface area (TPSA) is 53.4 Å². The Morgan fingerprint density at radius 1 is 1.58 bits per heavy atom. The van der Waals surface area contributed by atoms with E-state index >= 15 is 0 Å². The second-order valence-corrected chi connectivity index (χ2v) is 2.78. The van der Waals surface area contributed by atoms with Gasteiger partial charge in [-0.05, 0) is 18.1 Å². The van der Waals surface area contributed by atoms with Crippen molar-refractivity contribution in [3.8, 4) is 5.75 Å². The molecule has 0 atom stereocenters. The van der Waals surface area contributed by atoms with Gasteiger partial charge in [0.2, 0.25) is 0 Å². The molecule has 0 aliphatic carbocycles. The van der Waals surface area contributed by atoms with Crippen LogP contribution in [0.15, 0.2) is 6.07 Å². The lowest BCUT2D eigenvalue weighted by atomic mass is 10.1. The van der Waals surface area contributed by atoms with Crippen LogP contribution in [0.25, 0.3) is 0 Å². The van der Waals surface area contributed by atoms with Gasteiger partial charge in [0.05, 0.1) is 12.3 Å². The second kappa shape index (κ2) is 3.74. The number of pyridine rings is 1. The third-order valence-electron chi connectivity index (χ3n) is 1.63. The highest BCUT2D eigenvalue weighted by atomic mass is 35.5. The fourth-order valence-electron chi connectivity index (χ4n) is 0.964. The first-order valence-corrected chi connectivity index (χ1v) is 4.05. The maximum atomic E-state index is 9.34. The van der Waals surface area contributed by atoms with Gasteiger partial charge in [0.25, 0.3) is 0 Å². The Hall–Kier alpha value is -0.800. The SMILES string of the molecule is CCc1cc(CO)nc(Cl)c1O. The van der Waals surface area contributed by atoms with Crippen molar-refractivity contribution >= 4 is 11.6 Å². The van der Waals surface area contributed by atoms with Crippen molar-refractivity contribution < 1.29 is 10.2 Å². The molecule has 1 aromatic rings. The summed E-state index contributed by atoms with van der Waals surface area (Å²) in [6.45, 7) is 1.74. The summed E-state index contributed by atoms with van der Waals surface area (Å²) in [5.74, 6) is 0.0105. The molecule has 1 rings (SSSR count). The van der Waals surface area contributed by atoms with E-state index in [0.717, 1.165) is 0 Å². The van der Waals surface area contributed by atoms with Gasteiger partial charge in [-0.25, -0.2) is 4.98 Å². The normalized spacial score (nSPS) is 10.2. The first-order chi connectivity index (χ1) is 5.69. The van der Waals surface area contributed by atoms with Crippen molar-refractivity contribution in [1.29, 1.82) is 0 Å². The molecule has 12 heavy (non-hydrogen) atoms.